The van der Waals surface area contributed by atoms with Crippen molar-refractivity contribution in [2.45, 2.75) is 29.7 Å². The van der Waals surface area contributed by atoms with Gasteiger partial charge in [-0.1, -0.05) is 38.1 Å². The maximum atomic E-state index is 12.1. The first-order valence-corrected chi connectivity index (χ1v) is 10.5. The Labute approximate surface area is 160 Å². The normalized spacial score (nSPS) is 12.3. The number of aromatic nitrogens is 4. The summed E-state index contributed by atoms with van der Waals surface area (Å²) in [5.41, 5.74) is 3.00. The van der Waals surface area contributed by atoms with Crippen molar-refractivity contribution in [3.8, 4) is 11.3 Å². The highest BCUT2D eigenvalue weighted by atomic mass is 32.2. The molecule has 136 valence electrons. The lowest BCUT2D eigenvalue weighted by atomic mass is 9.95. The van der Waals surface area contributed by atoms with Crippen LogP contribution in [0.25, 0.3) is 11.3 Å². The summed E-state index contributed by atoms with van der Waals surface area (Å²) in [6, 6.07) is 9.96. The van der Waals surface area contributed by atoms with Crippen LogP contribution in [-0.4, -0.2) is 30.2 Å². The summed E-state index contributed by atoms with van der Waals surface area (Å²) in [5, 5.41) is 4.64. The first-order chi connectivity index (χ1) is 12.4. The summed E-state index contributed by atoms with van der Waals surface area (Å²) in [7, 11) is 0.662. The van der Waals surface area contributed by atoms with E-state index >= 15 is 0 Å². The molecule has 0 aliphatic carbocycles. The van der Waals surface area contributed by atoms with E-state index in [1.165, 1.54) is 17.5 Å². The maximum Gasteiger partial charge on any atom is 0.234 e. The van der Waals surface area contributed by atoms with E-state index in [1.807, 2.05) is 31.4 Å². The topological polar surface area (TPSA) is 72.7 Å². The molecule has 3 aromatic rings. The minimum atomic E-state index is -1.20. The molecule has 2 heterocycles. The molecule has 0 fully saturated rings. The van der Waals surface area contributed by atoms with Crippen molar-refractivity contribution in [3.05, 3.63) is 48.3 Å². The molecule has 0 aliphatic heterocycles. The Balaban J connectivity index is 1.98. The van der Waals surface area contributed by atoms with Crippen LogP contribution in [-0.2, 0) is 17.8 Å². The number of nitrogens with zero attached hydrogens (tertiary/aromatic N) is 4. The SMILES string of the molecule is CC(C)c1ccccc1-c1cc(S(C)=O)nc(NSc2cnn(C)c2)n1. The minimum absolute atomic E-state index is 0.359. The quantitative estimate of drug-likeness (QED) is 0.511. The van der Waals surface area contributed by atoms with Crippen LogP contribution >= 0.6 is 11.9 Å². The Hall–Kier alpha value is -2.19. The van der Waals surface area contributed by atoms with E-state index in [-0.39, 0.29) is 0 Å². The smallest absolute Gasteiger partial charge is 0.234 e. The van der Waals surface area contributed by atoms with Crippen molar-refractivity contribution in [1.82, 2.24) is 19.7 Å². The summed E-state index contributed by atoms with van der Waals surface area (Å²) in [6.07, 6.45) is 5.28. The number of nitrogens with one attached hydrogen (secondary N) is 1. The molecule has 6 nitrogen and oxygen atoms in total. The zero-order valence-corrected chi connectivity index (χ0v) is 16.8. The van der Waals surface area contributed by atoms with Crippen LogP contribution < -0.4 is 4.72 Å². The van der Waals surface area contributed by atoms with Crippen LogP contribution in [0.1, 0.15) is 25.3 Å². The largest absolute Gasteiger partial charge is 0.294 e. The van der Waals surface area contributed by atoms with Gasteiger partial charge in [-0.05, 0) is 29.5 Å². The van der Waals surface area contributed by atoms with Gasteiger partial charge in [0.1, 0.15) is 5.03 Å². The van der Waals surface area contributed by atoms with Gasteiger partial charge >= 0.3 is 0 Å². The van der Waals surface area contributed by atoms with E-state index < -0.39 is 10.8 Å². The predicted octanol–water partition coefficient (Wildman–Crippen LogP) is 3.86. The van der Waals surface area contributed by atoms with Crippen LogP contribution in [0, 0.1) is 0 Å². The molecule has 1 unspecified atom stereocenters. The monoisotopic (exact) mass is 387 g/mol. The Morgan fingerprint density at radius 3 is 2.65 bits per heavy atom. The molecule has 0 radical (unpaired) electrons. The molecule has 0 amide bonds. The highest BCUT2D eigenvalue weighted by Crippen LogP contribution is 2.30. The molecule has 0 bridgehead atoms. The zero-order valence-electron chi connectivity index (χ0n) is 15.1. The van der Waals surface area contributed by atoms with Gasteiger partial charge in [-0.25, -0.2) is 9.97 Å². The summed E-state index contributed by atoms with van der Waals surface area (Å²) in [5.74, 6) is 0.790. The second-order valence-electron chi connectivity index (χ2n) is 6.16. The van der Waals surface area contributed by atoms with Crippen molar-refractivity contribution < 1.29 is 4.21 Å². The second kappa shape index (κ2) is 8.01. The van der Waals surface area contributed by atoms with Crippen molar-refractivity contribution >= 4 is 28.7 Å². The fourth-order valence-corrected chi connectivity index (χ4v) is 3.64. The third-order valence-corrected chi connectivity index (χ3v) is 5.33. The average molecular weight is 388 g/mol. The van der Waals surface area contributed by atoms with Gasteiger partial charge in [0.15, 0.2) is 0 Å². The molecule has 8 heteroatoms. The van der Waals surface area contributed by atoms with Gasteiger partial charge in [0, 0.05) is 25.1 Å². The molecule has 1 atom stereocenters. The maximum absolute atomic E-state index is 12.1. The fourth-order valence-electron chi connectivity index (χ4n) is 2.55. The first-order valence-electron chi connectivity index (χ1n) is 8.17. The van der Waals surface area contributed by atoms with Gasteiger partial charge < -0.3 is 0 Å². The predicted molar refractivity (Wildman–Crippen MR) is 107 cm³/mol. The van der Waals surface area contributed by atoms with Gasteiger partial charge in [-0.15, -0.1) is 0 Å². The number of aryl methyl sites for hydroxylation is 1. The molecule has 0 saturated heterocycles. The van der Waals surface area contributed by atoms with Crippen molar-refractivity contribution in [2.75, 3.05) is 11.0 Å². The highest BCUT2D eigenvalue weighted by Gasteiger charge is 2.14. The van der Waals surface area contributed by atoms with Gasteiger partial charge in [-0.3, -0.25) is 13.6 Å². The third-order valence-electron chi connectivity index (χ3n) is 3.80. The fraction of sp³-hybridized carbons (Fsp3) is 0.278. The van der Waals surface area contributed by atoms with Gasteiger partial charge in [0.2, 0.25) is 5.95 Å². The van der Waals surface area contributed by atoms with Crippen LogP contribution in [0.3, 0.4) is 0 Å². The van der Waals surface area contributed by atoms with Crippen molar-refractivity contribution in [2.24, 2.45) is 7.05 Å². The lowest BCUT2D eigenvalue weighted by Crippen LogP contribution is -2.03. The molecule has 3 rings (SSSR count). The highest BCUT2D eigenvalue weighted by molar-refractivity contribution is 8.00. The molecule has 0 spiro atoms. The summed E-state index contributed by atoms with van der Waals surface area (Å²) >= 11 is 1.37. The first kappa shape index (κ1) is 18.6. The van der Waals surface area contributed by atoms with E-state index in [2.05, 4.69) is 39.7 Å². The molecule has 0 aliphatic rings. The lowest BCUT2D eigenvalue weighted by molar-refractivity contribution is 0.684. The summed E-state index contributed by atoms with van der Waals surface area (Å²) in [4.78, 5) is 9.98. The van der Waals surface area contributed by atoms with E-state index in [1.54, 1.807) is 23.2 Å². The van der Waals surface area contributed by atoms with Gasteiger partial charge in [-0.2, -0.15) is 5.10 Å². The molecule has 0 saturated carbocycles. The Kier molecular flexibility index (Phi) is 5.73. The van der Waals surface area contributed by atoms with Crippen LogP contribution in [0.4, 0.5) is 5.95 Å². The molecular formula is C18H21N5OS2. The van der Waals surface area contributed by atoms with Crippen LogP contribution in [0.15, 0.2) is 52.6 Å². The zero-order chi connectivity index (χ0) is 18.7. The van der Waals surface area contributed by atoms with Crippen molar-refractivity contribution in [1.29, 1.82) is 0 Å². The molecular weight excluding hydrogens is 366 g/mol. The summed E-state index contributed by atoms with van der Waals surface area (Å²) in [6.45, 7) is 4.30. The van der Waals surface area contributed by atoms with E-state index in [4.69, 9.17) is 0 Å². The van der Waals surface area contributed by atoms with E-state index in [0.29, 0.717) is 16.9 Å². The van der Waals surface area contributed by atoms with Crippen molar-refractivity contribution in [3.63, 3.8) is 0 Å². The number of benzene rings is 1. The third kappa shape index (κ3) is 4.31. The van der Waals surface area contributed by atoms with Crippen LogP contribution in [0.2, 0.25) is 0 Å². The van der Waals surface area contributed by atoms with E-state index in [9.17, 15) is 4.21 Å². The van der Waals surface area contributed by atoms with E-state index in [0.717, 1.165) is 16.2 Å². The number of hydrogen-bond donors (Lipinski definition) is 1. The standard InChI is InChI=1S/C18H21N5OS2/c1-12(2)14-7-5-6-8-15(14)16-9-17(26(4)24)21-18(20-16)22-25-13-10-19-23(3)11-13/h5-12H,1-4H3,(H,20,21,22). The van der Waals surface area contributed by atoms with Gasteiger partial charge in [0.05, 0.1) is 27.6 Å². The number of rotatable bonds is 6. The molecule has 26 heavy (non-hydrogen) atoms. The van der Waals surface area contributed by atoms with Gasteiger partial charge in [0.25, 0.3) is 0 Å². The minimum Gasteiger partial charge on any atom is -0.294 e. The Bertz CT molecular complexity index is 939. The number of anilines is 1. The molecule has 1 aromatic carbocycles. The van der Waals surface area contributed by atoms with Crippen LogP contribution in [0.5, 0.6) is 0 Å². The lowest BCUT2D eigenvalue weighted by Gasteiger charge is -2.13. The molecule has 1 N–H and O–H groups in total. The number of hydrogen-bond acceptors (Lipinski definition) is 6. The Morgan fingerprint density at radius 2 is 2.00 bits per heavy atom. The average Bonchev–Trinajstić information content (AvgIpc) is 3.05. The Morgan fingerprint density at radius 1 is 1.23 bits per heavy atom. The second-order valence-corrected chi connectivity index (χ2v) is 8.37. The molecule has 2 aromatic heterocycles. The summed E-state index contributed by atoms with van der Waals surface area (Å²) < 4.78 is 16.9.